The van der Waals surface area contributed by atoms with Gasteiger partial charge in [0.05, 0.1) is 24.0 Å². The van der Waals surface area contributed by atoms with Gasteiger partial charge in [0.2, 0.25) is 5.91 Å². The van der Waals surface area contributed by atoms with Crippen molar-refractivity contribution >= 4 is 16.8 Å². The minimum absolute atomic E-state index is 0.132. The van der Waals surface area contributed by atoms with Gasteiger partial charge in [-0.25, -0.2) is 13.8 Å². The number of nitrogens with two attached hydrogens (primary N) is 1. The molecule has 1 fully saturated rings. The van der Waals surface area contributed by atoms with Crippen LogP contribution in [0.15, 0.2) is 24.4 Å². The predicted octanol–water partition coefficient (Wildman–Crippen LogP) is 2.84. The molecule has 184 valence electrons. The molecule has 1 saturated heterocycles. The highest BCUT2D eigenvalue weighted by Crippen LogP contribution is 2.30. The molecule has 0 saturated carbocycles. The largest absolute Gasteiger partial charge is 0.366 e. The van der Waals surface area contributed by atoms with Gasteiger partial charge in [0.25, 0.3) is 5.92 Å². The molecule has 1 aromatic carbocycles. The van der Waals surface area contributed by atoms with Gasteiger partial charge in [0.15, 0.2) is 11.6 Å². The Hall–Kier alpha value is -3.67. The number of aromatic amines is 1. The van der Waals surface area contributed by atoms with Crippen LogP contribution in [0.1, 0.15) is 35.8 Å². The first kappa shape index (κ1) is 23.1. The van der Waals surface area contributed by atoms with E-state index in [4.69, 9.17) is 5.73 Å². The molecule has 0 atom stereocenters. The van der Waals surface area contributed by atoms with Crippen molar-refractivity contribution in [2.75, 3.05) is 19.6 Å². The van der Waals surface area contributed by atoms with E-state index in [-0.39, 0.29) is 12.8 Å². The van der Waals surface area contributed by atoms with E-state index in [0.717, 1.165) is 16.8 Å². The van der Waals surface area contributed by atoms with Gasteiger partial charge in [-0.2, -0.15) is 15.3 Å². The number of fused-ring (bicyclic) bond motifs is 1. The van der Waals surface area contributed by atoms with E-state index in [1.54, 1.807) is 23.0 Å². The lowest BCUT2D eigenvalue weighted by Gasteiger charge is -2.31. The summed E-state index contributed by atoms with van der Waals surface area (Å²) in [4.78, 5) is 18.8. The Morgan fingerprint density at radius 1 is 1.17 bits per heavy atom. The van der Waals surface area contributed by atoms with Crippen molar-refractivity contribution in [3.63, 3.8) is 0 Å². The number of H-pyrrole nitrogens is 1. The second kappa shape index (κ2) is 8.84. The van der Waals surface area contributed by atoms with Crippen LogP contribution in [0.5, 0.6) is 0 Å². The first-order valence-electron chi connectivity index (χ1n) is 11.6. The third kappa shape index (κ3) is 4.53. The molecule has 4 heterocycles. The van der Waals surface area contributed by atoms with E-state index in [0.29, 0.717) is 61.0 Å². The summed E-state index contributed by atoms with van der Waals surface area (Å²) < 4.78 is 30.5. The molecular formula is C23H27F2N9O. The molecule has 0 unspecified atom stereocenters. The fourth-order valence-electron chi connectivity index (χ4n) is 4.50. The van der Waals surface area contributed by atoms with E-state index < -0.39 is 11.8 Å². The number of piperidine rings is 1. The summed E-state index contributed by atoms with van der Waals surface area (Å²) in [6.07, 6.45) is 1.45. The molecule has 12 heteroatoms. The number of carbonyl (C=O) groups is 1. The summed E-state index contributed by atoms with van der Waals surface area (Å²) >= 11 is 0. The lowest BCUT2D eigenvalue weighted by Crippen LogP contribution is -2.40. The summed E-state index contributed by atoms with van der Waals surface area (Å²) in [7, 11) is 0. The molecular weight excluding hydrogens is 456 g/mol. The summed E-state index contributed by atoms with van der Waals surface area (Å²) in [6.45, 7) is 6.34. The number of nitrogens with one attached hydrogen (secondary N) is 1. The lowest BCUT2D eigenvalue weighted by molar-refractivity contribution is -0.0555. The van der Waals surface area contributed by atoms with Gasteiger partial charge in [-0.3, -0.25) is 19.3 Å². The summed E-state index contributed by atoms with van der Waals surface area (Å²) in [5.74, 6) is -2.18. The number of benzene rings is 1. The van der Waals surface area contributed by atoms with Crippen molar-refractivity contribution in [2.24, 2.45) is 5.73 Å². The highest BCUT2D eigenvalue weighted by atomic mass is 19.3. The number of aryl methyl sites for hydroxylation is 2. The van der Waals surface area contributed by atoms with Gasteiger partial charge in [-0.15, -0.1) is 0 Å². The monoisotopic (exact) mass is 483 g/mol. The van der Waals surface area contributed by atoms with Gasteiger partial charge in [0.1, 0.15) is 5.69 Å². The highest BCUT2D eigenvalue weighted by Gasteiger charge is 2.33. The topological polar surface area (TPSA) is 124 Å². The van der Waals surface area contributed by atoms with Crippen LogP contribution < -0.4 is 5.73 Å². The first-order valence-corrected chi connectivity index (χ1v) is 11.6. The average Bonchev–Trinajstić information content (AvgIpc) is 3.55. The molecule has 0 radical (unpaired) electrons. The maximum Gasteiger partial charge on any atom is 0.250 e. The predicted molar refractivity (Wildman–Crippen MR) is 126 cm³/mol. The van der Waals surface area contributed by atoms with Crippen LogP contribution in [0.3, 0.4) is 0 Å². The number of alkyl halides is 2. The fourth-order valence-corrected chi connectivity index (χ4v) is 4.50. The van der Waals surface area contributed by atoms with Gasteiger partial charge in [-0.05, 0) is 32.0 Å². The molecule has 1 aliphatic heterocycles. The fraction of sp³-hybridized carbons (Fsp3) is 0.435. The van der Waals surface area contributed by atoms with E-state index >= 15 is 0 Å². The second-order valence-corrected chi connectivity index (χ2v) is 8.88. The van der Waals surface area contributed by atoms with Crippen LogP contribution in [0, 0.1) is 6.92 Å². The van der Waals surface area contributed by atoms with Crippen molar-refractivity contribution in [3.05, 3.63) is 35.7 Å². The molecule has 3 N–H and O–H groups in total. The average molecular weight is 484 g/mol. The highest BCUT2D eigenvalue weighted by molar-refractivity contribution is 6.02. The summed E-state index contributed by atoms with van der Waals surface area (Å²) in [6, 6.07) is 5.29. The van der Waals surface area contributed by atoms with Crippen molar-refractivity contribution in [1.29, 1.82) is 0 Å². The van der Waals surface area contributed by atoms with E-state index in [1.165, 1.54) is 0 Å². The minimum atomic E-state index is -2.58. The van der Waals surface area contributed by atoms with Crippen molar-refractivity contribution in [3.8, 4) is 22.9 Å². The Morgan fingerprint density at radius 2 is 1.94 bits per heavy atom. The second-order valence-electron chi connectivity index (χ2n) is 8.88. The molecule has 35 heavy (non-hydrogen) atoms. The molecule has 1 aliphatic rings. The van der Waals surface area contributed by atoms with E-state index in [2.05, 4.69) is 25.4 Å². The van der Waals surface area contributed by atoms with Gasteiger partial charge in [0, 0.05) is 55.5 Å². The van der Waals surface area contributed by atoms with Gasteiger partial charge < -0.3 is 10.6 Å². The number of hydrogen-bond acceptors (Lipinski definition) is 6. The Kier molecular flexibility index (Phi) is 5.83. The summed E-state index contributed by atoms with van der Waals surface area (Å²) in [5.41, 5.74) is 8.96. The number of nitrogens with zero attached hydrogens (tertiary/aromatic N) is 7. The Morgan fingerprint density at radius 3 is 2.66 bits per heavy atom. The molecule has 0 spiro atoms. The van der Waals surface area contributed by atoms with Crippen molar-refractivity contribution in [2.45, 2.75) is 45.7 Å². The number of rotatable bonds is 7. The number of aromatic nitrogens is 7. The number of carbonyl (C=O) groups excluding carboxylic acids is 1. The SMILES string of the molecule is CCn1nc(C)cc1-c1n[nH]c(-c2cc(C(N)=O)cc3c2cnn3CCN2CCC(F)(F)CC2)n1. The zero-order chi connectivity index (χ0) is 24.7. The van der Waals surface area contributed by atoms with Crippen LogP contribution in [0.25, 0.3) is 33.8 Å². The maximum absolute atomic E-state index is 13.5. The molecule has 1 amide bonds. The number of hydrogen-bond donors (Lipinski definition) is 2. The van der Waals surface area contributed by atoms with Crippen LogP contribution in [-0.2, 0) is 13.1 Å². The normalized spacial score (nSPS) is 16.2. The van der Waals surface area contributed by atoms with Crippen molar-refractivity contribution < 1.29 is 13.6 Å². The smallest absolute Gasteiger partial charge is 0.250 e. The molecule has 0 bridgehead atoms. The van der Waals surface area contributed by atoms with E-state index in [1.807, 2.05) is 29.5 Å². The van der Waals surface area contributed by atoms with Gasteiger partial charge >= 0.3 is 0 Å². The molecule has 3 aromatic heterocycles. The number of likely N-dealkylation sites (tertiary alicyclic amines) is 1. The standard InChI is InChI=1S/C23H27F2N9O/c1-3-33-19(10-14(2)31-33)22-28-21(29-30-22)16-11-15(20(26)35)12-18-17(16)13-27-34(18)9-8-32-6-4-23(24,25)5-7-32/h10-13H,3-9H2,1-2H3,(H2,26,35)(H,28,29,30). The minimum Gasteiger partial charge on any atom is -0.366 e. The molecule has 5 rings (SSSR count). The third-order valence-corrected chi connectivity index (χ3v) is 6.43. The van der Waals surface area contributed by atoms with Crippen LogP contribution in [0.4, 0.5) is 8.78 Å². The number of primary amides is 1. The first-order chi connectivity index (χ1) is 16.7. The quantitative estimate of drug-likeness (QED) is 0.417. The number of amides is 1. The third-order valence-electron chi connectivity index (χ3n) is 6.43. The van der Waals surface area contributed by atoms with E-state index in [9.17, 15) is 13.6 Å². The maximum atomic E-state index is 13.5. The molecule has 0 aliphatic carbocycles. The van der Waals surface area contributed by atoms with Crippen LogP contribution in [0.2, 0.25) is 0 Å². The Labute approximate surface area is 200 Å². The molecule has 4 aromatic rings. The van der Waals surface area contributed by atoms with Gasteiger partial charge in [-0.1, -0.05) is 0 Å². The summed E-state index contributed by atoms with van der Waals surface area (Å²) in [5, 5.41) is 17.1. The zero-order valence-corrected chi connectivity index (χ0v) is 19.6. The molecule has 10 nitrogen and oxygen atoms in total. The zero-order valence-electron chi connectivity index (χ0n) is 19.6. The Balaban J connectivity index is 1.47. The van der Waals surface area contributed by atoms with Crippen LogP contribution in [-0.4, -0.2) is 71.1 Å². The number of halogens is 2. The van der Waals surface area contributed by atoms with Crippen molar-refractivity contribution in [1.82, 2.24) is 39.6 Å². The Bertz CT molecular complexity index is 1380. The van der Waals surface area contributed by atoms with Crippen LogP contribution >= 0.6 is 0 Å². The lowest BCUT2D eigenvalue weighted by atomic mass is 10.0.